The summed E-state index contributed by atoms with van der Waals surface area (Å²) in [6.07, 6.45) is 1.63. The van der Waals surface area contributed by atoms with E-state index in [4.69, 9.17) is 4.55 Å². The second-order valence-electron chi connectivity index (χ2n) is 3.42. The maximum atomic E-state index is 11.2. The van der Waals surface area contributed by atoms with Crippen LogP contribution in [0.5, 0.6) is 0 Å². The van der Waals surface area contributed by atoms with Gasteiger partial charge in [0.15, 0.2) is 0 Å². The van der Waals surface area contributed by atoms with E-state index in [0.717, 1.165) is 10.9 Å². The van der Waals surface area contributed by atoms with Gasteiger partial charge in [0.05, 0.1) is 0 Å². The molecule has 0 amide bonds. The number of benzene rings is 2. The molecule has 0 unspecified atom stereocenters. The van der Waals surface area contributed by atoms with Gasteiger partial charge in [-0.15, -0.1) is 0 Å². The van der Waals surface area contributed by atoms with E-state index in [1.165, 1.54) is 6.07 Å². The Bertz CT molecular complexity index is 657. The van der Waals surface area contributed by atoms with Gasteiger partial charge in [0.25, 0.3) is 10.1 Å². The summed E-state index contributed by atoms with van der Waals surface area (Å²) >= 11 is 0. The predicted molar refractivity (Wildman–Crippen MR) is 63.9 cm³/mol. The second-order valence-corrected chi connectivity index (χ2v) is 4.81. The normalized spacial score (nSPS) is 11.6. The quantitative estimate of drug-likeness (QED) is 0.813. The number of hydrogen-bond acceptors (Lipinski definition) is 2. The van der Waals surface area contributed by atoms with E-state index in [2.05, 4.69) is 6.58 Å². The first-order valence-electron chi connectivity index (χ1n) is 4.65. The molecular formula is C12H10O3S. The fourth-order valence-corrected chi connectivity index (χ4v) is 2.32. The summed E-state index contributed by atoms with van der Waals surface area (Å²) in [7, 11) is -4.19. The van der Waals surface area contributed by atoms with Gasteiger partial charge in [-0.1, -0.05) is 36.9 Å². The monoisotopic (exact) mass is 234 g/mol. The van der Waals surface area contributed by atoms with Gasteiger partial charge in [0.1, 0.15) is 4.90 Å². The van der Waals surface area contributed by atoms with Crippen molar-refractivity contribution in [3.63, 3.8) is 0 Å². The van der Waals surface area contributed by atoms with E-state index in [9.17, 15) is 8.42 Å². The van der Waals surface area contributed by atoms with Crippen LogP contribution in [-0.2, 0) is 10.1 Å². The van der Waals surface area contributed by atoms with E-state index in [0.29, 0.717) is 5.39 Å². The molecule has 2 rings (SSSR count). The molecule has 0 bridgehead atoms. The second kappa shape index (κ2) is 3.73. The lowest BCUT2D eigenvalue weighted by Gasteiger charge is -2.04. The van der Waals surface area contributed by atoms with Gasteiger partial charge < -0.3 is 0 Å². The van der Waals surface area contributed by atoms with Crippen LogP contribution < -0.4 is 0 Å². The molecule has 2 aromatic rings. The summed E-state index contributed by atoms with van der Waals surface area (Å²) in [5, 5.41) is 1.27. The van der Waals surface area contributed by atoms with Crippen LogP contribution in [0, 0.1) is 0 Å². The number of fused-ring (bicyclic) bond motifs is 1. The third kappa shape index (κ3) is 1.85. The summed E-state index contributed by atoms with van der Waals surface area (Å²) < 4.78 is 31.4. The fraction of sp³-hybridized carbons (Fsp3) is 0. The molecule has 0 atom stereocenters. The number of rotatable bonds is 2. The van der Waals surface area contributed by atoms with E-state index < -0.39 is 10.1 Å². The molecule has 2 aromatic carbocycles. The van der Waals surface area contributed by atoms with Crippen LogP contribution in [0.4, 0.5) is 0 Å². The van der Waals surface area contributed by atoms with Crippen molar-refractivity contribution in [2.45, 2.75) is 4.90 Å². The van der Waals surface area contributed by atoms with E-state index in [1.807, 2.05) is 6.07 Å². The summed E-state index contributed by atoms with van der Waals surface area (Å²) in [6.45, 7) is 3.62. The van der Waals surface area contributed by atoms with Gasteiger partial charge in [-0.2, -0.15) is 8.42 Å². The third-order valence-electron chi connectivity index (χ3n) is 2.38. The third-order valence-corrected chi connectivity index (χ3v) is 3.29. The highest BCUT2D eigenvalue weighted by atomic mass is 32.2. The van der Waals surface area contributed by atoms with Crippen LogP contribution in [0.3, 0.4) is 0 Å². The Kier molecular flexibility index (Phi) is 2.53. The van der Waals surface area contributed by atoms with E-state index in [1.54, 1.807) is 30.3 Å². The maximum absolute atomic E-state index is 11.2. The average Bonchev–Trinajstić information content (AvgIpc) is 2.26. The Hall–Kier alpha value is -1.65. The lowest BCUT2D eigenvalue weighted by Crippen LogP contribution is -1.98. The molecule has 0 spiro atoms. The zero-order valence-corrected chi connectivity index (χ0v) is 9.24. The Morgan fingerprint density at radius 3 is 2.56 bits per heavy atom. The first-order valence-corrected chi connectivity index (χ1v) is 6.09. The zero-order chi connectivity index (χ0) is 11.8. The van der Waals surface area contributed by atoms with Gasteiger partial charge in [-0.25, -0.2) is 0 Å². The topological polar surface area (TPSA) is 54.4 Å². The first kappa shape index (κ1) is 10.9. The van der Waals surface area contributed by atoms with Crippen molar-refractivity contribution in [1.82, 2.24) is 0 Å². The van der Waals surface area contributed by atoms with Crippen molar-refractivity contribution in [1.29, 1.82) is 0 Å². The van der Waals surface area contributed by atoms with Crippen LogP contribution >= 0.6 is 0 Å². The summed E-state index contributed by atoms with van der Waals surface area (Å²) in [5.41, 5.74) is 0.809. The SMILES string of the molecule is C=Cc1ccc2cccc(S(=O)(=O)O)c2c1. The van der Waals surface area contributed by atoms with Crippen LogP contribution in [0.2, 0.25) is 0 Å². The molecule has 0 aliphatic heterocycles. The molecule has 82 valence electrons. The first-order chi connectivity index (χ1) is 7.52. The minimum atomic E-state index is -4.19. The van der Waals surface area contributed by atoms with Crippen molar-refractivity contribution < 1.29 is 13.0 Å². The predicted octanol–water partition coefficient (Wildman–Crippen LogP) is 2.73. The Balaban J connectivity index is 2.90. The summed E-state index contributed by atoms with van der Waals surface area (Å²) in [5.74, 6) is 0. The highest BCUT2D eigenvalue weighted by molar-refractivity contribution is 7.86. The van der Waals surface area contributed by atoms with Crippen LogP contribution in [-0.4, -0.2) is 13.0 Å². The van der Waals surface area contributed by atoms with Gasteiger partial charge in [-0.05, 0) is 23.1 Å². The minimum Gasteiger partial charge on any atom is -0.282 e. The van der Waals surface area contributed by atoms with Gasteiger partial charge in [0.2, 0.25) is 0 Å². The average molecular weight is 234 g/mol. The lowest BCUT2D eigenvalue weighted by atomic mass is 10.1. The van der Waals surface area contributed by atoms with Crippen LogP contribution in [0.1, 0.15) is 5.56 Å². The summed E-state index contributed by atoms with van der Waals surface area (Å²) in [6, 6.07) is 10.1. The van der Waals surface area contributed by atoms with Crippen molar-refractivity contribution in [3.05, 3.63) is 48.5 Å². The summed E-state index contributed by atoms with van der Waals surface area (Å²) in [4.78, 5) is -0.0753. The highest BCUT2D eigenvalue weighted by Crippen LogP contribution is 2.24. The van der Waals surface area contributed by atoms with E-state index in [-0.39, 0.29) is 4.90 Å². The minimum absolute atomic E-state index is 0.0753. The Morgan fingerprint density at radius 1 is 1.19 bits per heavy atom. The van der Waals surface area contributed by atoms with Crippen molar-refractivity contribution in [3.8, 4) is 0 Å². The number of hydrogen-bond donors (Lipinski definition) is 1. The van der Waals surface area contributed by atoms with Crippen molar-refractivity contribution >= 4 is 27.0 Å². The molecule has 0 aromatic heterocycles. The molecule has 0 radical (unpaired) electrons. The Morgan fingerprint density at radius 2 is 1.94 bits per heavy atom. The van der Waals surface area contributed by atoms with Crippen molar-refractivity contribution in [2.24, 2.45) is 0 Å². The molecule has 4 heteroatoms. The highest BCUT2D eigenvalue weighted by Gasteiger charge is 2.13. The Labute approximate surface area is 93.8 Å². The molecule has 0 heterocycles. The molecular weight excluding hydrogens is 224 g/mol. The van der Waals surface area contributed by atoms with Crippen LogP contribution in [0.25, 0.3) is 16.8 Å². The van der Waals surface area contributed by atoms with Gasteiger partial charge in [-0.3, -0.25) is 4.55 Å². The molecule has 3 nitrogen and oxygen atoms in total. The van der Waals surface area contributed by atoms with E-state index >= 15 is 0 Å². The molecule has 16 heavy (non-hydrogen) atoms. The maximum Gasteiger partial charge on any atom is 0.295 e. The largest absolute Gasteiger partial charge is 0.295 e. The van der Waals surface area contributed by atoms with Crippen LogP contribution in [0.15, 0.2) is 47.9 Å². The standard InChI is InChI=1S/C12H10O3S/c1-2-9-6-7-10-4-3-5-12(11(10)8-9)16(13,14)15/h2-8H,1H2,(H,13,14,15). The molecule has 0 aliphatic rings. The van der Waals surface area contributed by atoms with Gasteiger partial charge >= 0.3 is 0 Å². The molecule has 0 aliphatic carbocycles. The molecule has 0 fully saturated rings. The molecule has 0 saturated heterocycles. The zero-order valence-electron chi connectivity index (χ0n) is 8.42. The van der Waals surface area contributed by atoms with Gasteiger partial charge in [0, 0.05) is 5.39 Å². The lowest BCUT2D eigenvalue weighted by molar-refractivity contribution is 0.484. The molecule has 1 N–H and O–H groups in total. The molecule has 0 saturated carbocycles. The smallest absolute Gasteiger partial charge is 0.282 e. The fourth-order valence-electron chi connectivity index (χ4n) is 1.61. The van der Waals surface area contributed by atoms with Crippen molar-refractivity contribution in [2.75, 3.05) is 0 Å².